The van der Waals surface area contributed by atoms with Crippen molar-refractivity contribution < 1.29 is 24.2 Å². The molecule has 6 rings (SSSR count). The highest BCUT2D eigenvalue weighted by atomic mass is 28.4. The van der Waals surface area contributed by atoms with Crippen molar-refractivity contribution in [3.8, 4) is 16.9 Å². The molecule has 1 aliphatic carbocycles. The number of hydrogen-bond donors (Lipinski definition) is 6. The first-order valence-corrected chi connectivity index (χ1v) is 23.6. The number of amides is 2. The van der Waals surface area contributed by atoms with Gasteiger partial charge in [0.1, 0.15) is 5.75 Å². The minimum atomic E-state index is -2.22. The number of carbonyl (C=O) groups is 2. The molecule has 0 radical (unpaired) electrons. The fourth-order valence-corrected chi connectivity index (χ4v) is 8.90. The number of aryl methyl sites for hydroxylation is 1. The van der Waals surface area contributed by atoms with Gasteiger partial charge in [0.15, 0.2) is 8.32 Å². The van der Waals surface area contributed by atoms with Gasteiger partial charge < -0.3 is 36.0 Å². The van der Waals surface area contributed by atoms with Crippen molar-refractivity contribution in [2.24, 2.45) is 5.73 Å². The van der Waals surface area contributed by atoms with Gasteiger partial charge in [0, 0.05) is 54.3 Å². The van der Waals surface area contributed by atoms with Gasteiger partial charge in [-0.3, -0.25) is 14.5 Å². The van der Waals surface area contributed by atoms with Crippen molar-refractivity contribution in [1.82, 2.24) is 10.3 Å². The van der Waals surface area contributed by atoms with Gasteiger partial charge in [-0.15, -0.1) is 0 Å². The highest BCUT2D eigenvalue weighted by molar-refractivity contribution is 6.74. The number of nitrogens with two attached hydrogens (primary N) is 1. The van der Waals surface area contributed by atoms with Gasteiger partial charge in [0.2, 0.25) is 11.5 Å². The number of nitrogens with one attached hydrogen (secondary N) is 3. The molecular weight excluding hydrogens is 759 g/mol. The summed E-state index contributed by atoms with van der Waals surface area (Å²) < 4.78 is 6.93. The lowest BCUT2D eigenvalue weighted by molar-refractivity contribution is -0.116. The van der Waals surface area contributed by atoms with Gasteiger partial charge in [-0.2, -0.15) is 0 Å². The maximum atomic E-state index is 13.1. The molecule has 1 aliphatic rings. The van der Waals surface area contributed by atoms with Crippen LogP contribution >= 0.6 is 0 Å². The fourth-order valence-electron chi connectivity index (χ4n) is 7.63. The molecule has 0 saturated heterocycles. The molecule has 12 heteroatoms. The molecule has 1 fully saturated rings. The number of hydrogen-bond acceptors (Lipinski definition) is 7. The number of carbonyl (C=O) groups excluding carboxylic acids is 1. The molecule has 5 aromatic rings. The minimum absolute atomic E-state index is 0.0146. The Kier molecular flexibility index (Phi) is 13.8. The van der Waals surface area contributed by atoms with E-state index in [0.29, 0.717) is 49.2 Å². The number of anilines is 2. The monoisotopic (exact) mass is 817 g/mol. The Hall–Kier alpha value is -5.27. The number of benzene rings is 4. The Morgan fingerprint density at radius 1 is 0.932 bits per heavy atom. The van der Waals surface area contributed by atoms with Gasteiger partial charge in [-0.05, 0) is 109 Å². The number of aromatic hydroxyl groups is 1. The largest absolute Gasteiger partial charge is 0.506 e. The summed E-state index contributed by atoms with van der Waals surface area (Å²) in [7, 11) is -2.22. The number of phenols is 1. The standard InChI is InChI=1S/C47H59N5O6Si/c1-47(2,3)59(4,5)58-42(38-24-26-41(53)45-39(38)25-27-44(55)51-45)30-49-29-32-14-19-35(20-15-32)50-43(54)13-9-10-31-16-23-37(33-11-7-6-8-12-33)40(28-31)52(46(56)57)36-21-17-34(48)18-22-36/h6-8,11-12,14-16,19-20,23-28,34,36,42,49,53H,9-10,13,17-18,21-22,29-30,48H2,1-5H3,(H,50,54)(H,51,55)(H,56,57)/t34?,36?,42-/m1/s1. The van der Waals surface area contributed by atoms with E-state index in [1.54, 1.807) is 12.1 Å². The molecule has 4 aromatic carbocycles. The lowest BCUT2D eigenvalue weighted by Crippen LogP contribution is -2.44. The number of carboxylic acid groups (broad SMARTS) is 1. The second-order valence-electron chi connectivity index (χ2n) is 17.3. The molecule has 0 aliphatic heterocycles. The highest BCUT2D eigenvalue weighted by Gasteiger charge is 2.40. The van der Waals surface area contributed by atoms with E-state index >= 15 is 0 Å². The first-order valence-electron chi connectivity index (χ1n) is 20.7. The predicted octanol–water partition coefficient (Wildman–Crippen LogP) is 9.47. The van der Waals surface area contributed by atoms with Crippen molar-refractivity contribution in [1.29, 1.82) is 0 Å². The zero-order chi connectivity index (χ0) is 42.3. The van der Waals surface area contributed by atoms with Gasteiger partial charge in [0.05, 0.1) is 17.3 Å². The zero-order valence-corrected chi connectivity index (χ0v) is 35.9. The Labute approximate surface area is 348 Å². The predicted molar refractivity (Wildman–Crippen MR) is 240 cm³/mol. The fraction of sp³-hybridized carbons (Fsp3) is 0.383. The van der Waals surface area contributed by atoms with E-state index < -0.39 is 14.4 Å². The summed E-state index contributed by atoms with van der Waals surface area (Å²) in [6, 6.07) is 30.3. The van der Waals surface area contributed by atoms with Crippen LogP contribution in [0.15, 0.2) is 102 Å². The first kappa shape index (κ1) is 43.3. The van der Waals surface area contributed by atoms with Crippen molar-refractivity contribution in [2.75, 3.05) is 16.8 Å². The van der Waals surface area contributed by atoms with Crippen LogP contribution in [0.5, 0.6) is 5.75 Å². The van der Waals surface area contributed by atoms with Crippen molar-refractivity contribution >= 4 is 42.6 Å². The van der Waals surface area contributed by atoms with Crippen LogP contribution < -0.4 is 26.8 Å². The van der Waals surface area contributed by atoms with Crippen molar-refractivity contribution in [2.45, 2.75) is 109 Å². The molecular formula is C47H59N5O6Si. The van der Waals surface area contributed by atoms with Crippen LogP contribution in [-0.2, 0) is 22.2 Å². The van der Waals surface area contributed by atoms with Gasteiger partial charge in [-0.25, -0.2) is 4.79 Å². The summed E-state index contributed by atoms with van der Waals surface area (Å²) in [6.07, 6.45) is 3.28. The van der Waals surface area contributed by atoms with E-state index in [9.17, 15) is 24.6 Å². The summed E-state index contributed by atoms with van der Waals surface area (Å²) in [6.45, 7) is 12.1. The molecule has 59 heavy (non-hydrogen) atoms. The molecule has 1 atom stereocenters. The smallest absolute Gasteiger partial charge is 0.412 e. The van der Waals surface area contributed by atoms with Gasteiger partial charge in [0.25, 0.3) is 0 Å². The maximum Gasteiger partial charge on any atom is 0.412 e. The molecule has 312 valence electrons. The molecule has 1 aromatic heterocycles. The average molecular weight is 818 g/mol. The SMILES string of the molecule is CC(C)(C)[Si](C)(C)O[C@H](CNCc1ccc(NC(=O)CCCc2ccc(-c3ccccc3)c(N(C(=O)O)C3CCC(N)CC3)c2)cc1)c1ccc(O)c2[nH]c(=O)ccc12. The summed E-state index contributed by atoms with van der Waals surface area (Å²) in [4.78, 5) is 42.2. The van der Waals surface area contributed by atoms with Crippen LogP contribution in [0.2, 0.25) is 18.1 Å². The number of H-pyrrole nitrogens is 1. The number of fused-ring (bicyclic) bond motifs is 1. The average Bonchev–Trinajstić information content (AvgIpc) is 3.19. The number of rotatable bonds is 15. The molecule has 0 spiro atoms. The number of aromatic nitrogens is 1. The molecule has 0 unspecified atom stereocenters. The third-order valence-corrected chi connectivity index (χ3v) is 16.5. The van der Waals surface area contributed by atoms with E-state index in [2.05, 4.69) is 49.5 Å². The topological polar surface area (TPSA) is 170 Å². The zero-order valence-electron chi connectivity index (χ0n) is 34.9. The number of aromatic amines is 1. The molecule has 0 bridgehead atoms. The summed E-state index contributed by atoms with van der Waals surface area (Å²) >= 11 is 0. The Bertz CT molecular complexity index is 2280. The van der Waals surface area contributed by atoms with E-state index in [1.807, 2.05) is 78.9 Å². The second kappa shape index (κ2) is 18.8. The van der Waals surface area contributed by atoms with Gasteiger partial charge >= 0.3 is 6.09 Å². The lowest BCUT2D eigenvalue weighted by Gasteiger charge is -2.39. The molecule has 11 nitrogen and oxygen atoms in total. The van der Waals surface area contributed by atoms with Crippen LogP contribution in [-0.4, -0.2) is 54.1 Å². The molecule has 1 heterocycles. The quantitative estimate of drug-likeness (QED) is 0.0568. The first-order chi connectivity index (χ1) is 28.1. The Morgan fingerprint density at radius 2 is 1.63 bits per heavy atom. The number of phenolic OH excluding ortho intramolecular Hbond substituents is 1. The van der Waals surface area contributed by atoms with E-state index in [0.717, 1.165) is 58.9 Å². The normalized spacial score (nSPS) is 16.4. The molecule has 7 N–H and O–H groups in total. The van der Waals surface area contributed by atoms with E-state index in [4.69, 9.17) is 10.2 Å². The van der Waals surface area contributed by atoms with Crippen molar-refractivity contribution in [3.63, 3.8) is 0 Å². The van der Waals surface area contributed by atoms with Crippen LogP contribution in [0.25, 0.3) is 22.0 Å². The molecule has 1 saturated carbocycles. The van der Waals surface area contributed by atoms with Crippen molar-refractivity contribution in [3.05, 3.63) is 124 Å². The summed E-state index contributed by atoms with van der Waals surface area (Å²) in [5.41, 5.74) is 12.4. The van der Waals surface area contributed by atoms with Crippen LogP contribution in [0.3, 0.4) is 0 Å². The maximum absolute atomic E-state index is 13.1. The summed E-state index contributed by atoms with van der Waals surface area (Å²) in [5.74, 6) is -0.0727. The van der Waals surface area contributed by atoms with Crippen LogP contribution in [0.4, 0.5) is 16.2 Å². The number of nitrogens with zero attached hydrogens (tertiary/aromatic N) is 1. The molecule has 2 amide bonds. The van der Waals surface area contributed by atoms with E-state index in [-0.39, 0.29) is 40.4 Å². The van der Waals surface area contributed by atoms with E-state index in [1.165, 1.54) is 11.0 Å². The summed E-state index contributed by atoms with van der Waals surface area (Å²) in [5, 5.41) is 28.3. The number of pyridine rings is 1. The van der Waals surface area contributed by atoms with Crippen LogP contribution in [0.1, 0.15) is 82.1 Å². The Balaban J connectivity index is 1.06. The highest BCUT2D eigenvalue weighted by Crippen LogP contribution is 2.41. The van der Waals surface area contributed by atoms with Crippen LogP contribution in [0, 0.1) is 0 Å². The minimum Gasteiger partial charge on any atom is -0.506 e. The lowest BCUT2D eigenvalue weighted by atomic mass is 9.89. The van der Waals surface area contributed by atoms with Gasteiger partial charge in [-0.1, -0.05) is 81.4 Å². The second-order valence-corrected chi connectivity index (χ2v) is 22.1. The third kappa shape index (κ3) is 10.9. The Morgan fingerprint density at radius 3 is 2.31 bits per heavy atom. The third-order valence-electron chi connectivity index (χ3n) is 12.0.